The second-order valence-electron chi connectivity index (χ2n) is 1.89. The van der Waals surface area contributed by atoms with E-state index in [1.54, 1.807) is 11.8 Å². The summed E-state index contributed by atoms with van der Waals surface area (Å²) in [6, 6.07) is 0.0556. The Balaban J connectivity index is 2.41. The number of thioether (sulfide) groups is 1. The van der Waals surface area contributed by atoms with Gasteiger partial charge in [0, 0.05) is 11.6 Å². The van der Waals surface area contributed by atoms with Crippen molar-refractivity contribution in [3.8, 4) is 0 Å². The van der Waals surface area contributed by atoms with Gasteiger partial charge in [-0.15, -0.1) is 11.8 Å². The van der Waals surface area contributed by atoms with Gasteiger partial charge in [0.1, 0.15) is 0 Å². The minimum atomic E-state index is 0.0556. The second-order valence-corrected chi connectivity index (χ2v) is 2.89. The van der Waals surface area contributed by atoms with Crippen LogP contribution in [0.3, 0.4) is 0 Å². The molecule has 1 aliphatic heterocycles. The predicted molar refractivity (Wildman–Crippen MR) is 34.6 cm³/mol. The Morgan fingerprint density at radius 3 is 2.88 bits per heavy atom. The third-order valence-corrected chi connectivity index (χ3v) is 2.38. The summed E-state index contributed by atoms with van der Waals surface area (Å²) < 4.78 is 0. The van der Waals surface area contributed by atoms with Crippen molar-refractivity contribution >= 4 is 18.0 Å². The van der Waals surface area contributed by atoms with Gasteiger partial charge in [-0.2, -0.15) is 0 Å². The molecule has 0 spiro atoms. The zero-order valence-electron chi connectivity index (χ0n) is 4.76. The van der Waals surface area contributed by atoms with Gasteiger partial charge in [0.05, 0.1) is 6.04 Å². The molecule has 0 bridgehead atoms. The van der Waals surface area contributed by atoms with Gasteiger partial charge in [-0.25, -0.2) is 0 Å². The van der Waals surface area contributed by atoms with E-state index in [2.05, 4.69) is 0 Å². The molecule has 0 aromatic rings. The van der Waals surface area contributed by atoms with Crippen LogP contribution in [-0.4, -0.2) is 35.9 Å². The van der Waals surface area contributed by atoms with Crippen LogP contribution in [0, 0.1) is 0 Å². The van der Waals surface area contributed by atoms with Gasteiger partial charge >= 0.3 is 0 Å². The van der Waals surface area contributed by atoms with Crippen molar-refractivity contribution in [2.45, 2.75) is 6.04 Å². The summed E-state index contributed by atoms with van der Waals surface area (Å²) in [5.74, 6) is 1.89. The molecule has 1 fully saturated rings. The minimum absolute atomic E-state index is 0.0556. The van der Waals surface area contributed by atoms with Gasteiger partial charge in [0.15, 0.2) is 0 Å². The van der Waals surface area contributed by atoms with E-state index in [1.165, 1.54) is 0 Å². The maximum atomic E-state index is 10.0. The van der Waals surface area contributed by atoms with Crippen molar-refractivity contribution < 1.29 is 4.79 Å². The molecule has 0 N–H and O–H groups in total. The predicted octanol–water partition coefficient (Wildman–Crippen LogP) is 0.101. The lowest BCUT2D eigenvalue weighted by Gasteiger charge is -2.08. The first-order valence-corrected chi connectivity index (χ1v) is 3.65. The molecule has 8 heavy (non-hydrogen) atoms. The molecular formula is C5H8NOS. The third-order valence-electron chi connectivity index (χ3n) is 1.24. The Bertz CT molecular complexity index is 96.4. The van der Waals surface area contributed by atoms with E-state index in [0.717, 1.165) is 11.6 Å². The van der Waals surface area contributed by atoms with Gasteiger partial charge < -0.3 is 0 Å². The number of hydrogen-bond acceptors (Lipinski definition) is 3. The van der Waals surface area contributed by atoms with Crippen LogP contribution in [0.25, 0.3) is 0 Å². The minimum Gasteiger partial charge on any atom is -0.289 e. The second kappa shape index (κ2) is 2.51. The molecule has 45 valence electrons. The average Bonchev–Trinajstić information content (AvgIpc) is 2.14. The van der Waals surface area contributed by atoms with Crippen molar-refractivity contribution in [3.05, 3.63) is 0 Å². The molecule has 1 rings (SSSR count). The van der Waals surface area contributed by atoms with Crippen LogP contribution in [0.2, 0.25) is 0 Å². The highest BCUT2D eigenvalue weighted by atomic mass is 32.2. The molecule has 1 unspecified atom stereocenters. The van der Waals surface area contributed by atoms with Crippen molar-refractivity contribution in [1.82, 2.24) is 4.90 Å². The molecule has 1 radical (unpaired) electrons. The standard InChI is InChI=1S/C5H8NOS/c1-6-4-8-3-5(6)2-7/h5H,3-4H2,1H3. The molecular weight excluding hydrogens is 122 g/mol. The van der Waals surface area contributed by atoms with E-state index >= 15 is 0 Å². The zero-order valence-corrected chi connectivity index (χ0v) is 5.57. The summed E-state index contributed by atoms with van der Waals surface area (Å²) in [7, 11) is 1.94. The number of hydrogen-bond donors (Lipinski definition) is 0. The molecule has 0 amide bonds. The van der Waals surface area contributed by atoms with E-state index in [1.807, 2.05) is 18.2 Å². The first-order chi connectivity index (χ1) is 3.84. The van der Waals surface area contributed by atoms with Crippen molar-refractivity contribution in [2.75, 3.05) is 18.7 Å². The smallest absolute Gasteiger partial charge is 0.218 e. The Hall–Kier alpha value is -0.0200. The fraction of sp³-hybridized carbons (Fsp3) is 0.800. The van der Waals surface area contributed by atoms with Crippen molar-refractivity contribution in [2.24, 2.45) is 0 Å². The summed E-state index contributed by atoms with van der Waals surface area (Å²) in [5.41, 5.74) is 0. The van der Waals surface area contributed by atoms with E-state index in [9.17, 15) is 4.79 Å². The quantitative estimate of drug-likeness (QED) is 0.502. The van der Waals surface area contributed by atoms with Gasteiger partial charge in [0.25, 0.3) is 0 Å². The van der Waals surface area contributed by atoms with Crippen LogP contribution >= 0.6 is 11.8 Å². The summed E-state index contributed by atoms with van der Waals surface area (Å²) in [4.78, 5) is 12.0. The first kappa shape index (κ1) is 6.11. The molecule has 0 aliphatic carbocycles. The normalized spacial score (nSPS) is 30.9. The molecule has 2 nitrogen and oxygen atoms in total. The molecule has 1 heterocycles. The Kier molecular flexibility index (Phi) is 1.91. The Morgan fingerprint density at radius 1 is 1.88 bits per heavy atom. The summed E-state index contributed by atoms with van der Waals surface area (Å²) >= 11 is 1.78. The van der Waals surface area contributed by atoms with Gasteiger partial charge in [-0.3, -0.25) is 9.69 Å². The largest absolute Gasteiger partial charge is 0.289 e. The number of rotatable bonds is 1. The fourth-order valence-electron chi connectivity index (χ4n) is 0.650. The van der Waals surface area contributed by atoms with Gasteiger partial charge in [-0.05, 0) is 7.05 Å². The molecule has 0 aromatic carbocycles. The van der Waals surface area contributed by atoms with Crippen molar-refractivity contribution in [3.63, 3.8) is 0 Å². The van der Waals surface area contributed by atoms with Gasteiger partial charge in [0.2, 0.25) is 6.29 Å². The van der Waals surface area contributed by atoms with Crippen LogP contribution in [0.4, 0.5) is 0 Å². The SMILES string of the molecule is CN1CSCC1[C]=O. The summed E-state index contributed by atoms with van der Waals surface area (Å²) in [6.07, 6.45) is 1.97. The van der Waals surface area contributed by atoms with Crippen LogP contribution < -0.4 is 0 Å². The molecule has 0 saturated carbocycles. The summed E-state index contributed by atoms with van der Waals surface area (Å²) in [5, 5.41) is 0. The Labute approximate surface area is 53.2 Å². The molecule has 1 aliphatic rings. The highest BCUT2D eigenvalue weighted by Gasteiger charge is 2.20. The topological polar surface area (TPSA) is 20.3 Å². The fourth-order valence-corrected chi connectivity index (χ4v) is 1.77. The number of carbonyl (C=O) groups excluding carboxylic acids is 1. The lowest BCUT2D eigenvalue weighted by molar-refractivity contribution is 0.374. The van der Waals surface area contributed by atoms with E-state index in [-0.39, 0.29) is 6.04 Å². The Morgan fingerprint density at radius 2 is 2.62 bits per heavy atom. The highest BCUT2D eigenvalue weighted by molar-refractivity contribution is 7.99. The number of nitrogens with zero attached hydrogens (tertiary/aromatic N) is 1. The lowest BCUT2D eigenvalue weighted by atomic mass is 10.4. The molecule has 3 heteroatoms. The highest BCUT2D eigenvalue weighted by Crippen LogP contribution is 2.16. The van der Waals surface area contributed by atoms with Crippen LogP contribution in [0.1, 0.15) is 0 Å². The van der Waals surface area contributed by atoms with Crippen molar-refractivity contribution in [1.29, 1.82) is 0 Å². The van der Waals surface area contributed by atoms with Gasteiger partial charge in [-0.1, -0.05) is 0 Å². The van der Waals surface area contributed by atoms with E-state index in [4.69, 9.17) is 0 Å². The molecule has 1 saturated heterocycles. The number of likely N-dealkylation sites (N-methyl/N-ethyl adjacent to an activating group) is 1. The first-order valence-electron chi connectivity index (χ1n) is 2.50. The maximum Gasteiger partial charge on any atom is 0.218 e. The zero-order chi connectivity index (χ0) is 5.98. The molecule has 1 atom stereocenters. The van der Waals surface area contributed by atoms with Crippen LogP contribution in [-0.2, 0) is 4.79 Å². The lowest BCUT2D eigenvalue weighted by Crippen LogP contribution is -2.27. The third kappa shape index (κ3) is 1.03. The molecule has 0 aromatic heterocycles. The van der Waals surface area contributed by atoms with E-state index < -0.39 is 0 Å². The maximum absolute atomic E-state index is 10.0. The summed E-state index contributed by atoms with van der Waals surface area (Å²) in [6.45, 7) is 0. The average molecular weight is 130 g/mol. The van der Waals surface area contributed by atoms with E-state index in [0.29, 0.717) is 0 Å². The monoisotopic (exact) mass is 130 g/mol. The van der Waals surface area contributed by atoms with Crippen LogP contribution in [0.15, 0.2) is 0 Å². The van der Waals surface area contributed by atoms with Crippen LogP contribution in [0.5, 0.6) is 0 Å².